The lowest BCUT2D eigenvalue weighted by Gasteiger charge is -2.23. The van der Waals surface area contributed by atoms with Crippen molar-refractivity contribution in [1.29, 1.82) is 0 Å². The molecule has 1 amide bonds. The zero-order valence-electron chi connectivity index (χ0n) is 10.8. The smallest absolute Gasteiger partial charge is 0.236 e. The maximum atomic E-state index is 11.8. The minimum Gasteiger partial charge on any atom is -0.373 e. The lowest BCUT2D eigenvalue weighted by molar-refractivity contribution is -0.130. The second-order valence-corrected chi connectivity index (χ2v) is 4.45. The van der Waals surface area contributed by atoms with E-state index in [1.807, 2.05) is 20.0 Å². The summed E-state index contributed by atoms with van der Waals surface area (Å²) in [4.78, 5) is 22.4. The van der Waals surface area contributed by atoms with Crippen LogP contribution < -0.4 is 11.1 Å². The first kappa shape index (κ1) is 12.8. The van der Waals surface area contributed by atoms with Gasteiger partial charge in [0.2, 0.25) is 5.91 Å². The number of aromatic nitrogens is 2. The number of amides is 1. The van der Waals surface area contributed by atoms with Crippen LogP contribution in [0.5, 0.6) is 0 Å². The van der Waals surface area contributed by atoms with E-state index in [1.165, 1.54) is 0 Å². The van der Waals surface area contributed by atoms with Crippen molar-refractivity contribution in [3.8, 4) is 0 Å². The summed E-state index contributed by atoms with van der Waals surface area (Å²) in [7, 11) is 1.82. The van der Waals surface area contributed by atoms with Gasteiger partial charge in [0.1, 0.15) is 5.82 Å². The Morgan fingerprint density at radius 2 is 2.39 bits per heavy atom. The van der Waals surface area contributed by atoms with Crippen molar-refractivity contribution in [1.82, 2.24) is 14.9 Å². The third-order valence-electron chi connectivity index (χ3n) is 3.17. The molecule has 18 heavy (non-hydrogen) atoms. The fraction of sp³-hybridized carbons (Fsp3) is 0.583. The molecule has 1 saturated heterocycles. The molecule has 0 bridgehead atoms. The maximum absolute atomic E-state index is 11.8. The van der Waals surface area contributed by atoms with Gasteiger partial charge < -0.3 is 16.0 Å². The first-order chi connectivity index (χ1) is 8.65. The Balaban J connectivity index is 2.29. The summed E-state index contributed by atoms with van der Waals surface area (Å²) in [6.45, 7) is 2.71. The number of nitrogens with one attached hydrogen (secondary N) is 1. The highest BCUT2D eigenvalue weighted by molar-refractivity contribution is 5.78. The number of hydrogen-bond acceptors (Lipinski definition) is 5. The van der Waals surface area contributed by atoms with Gasteiger partial charge in [0.15, 0.2) is 5.82 Å². The molecule has 1 atom stereocenters. The van der Waals surface area contributed by atoms with E-state index in [9.17, 15) is 4.79 Å². The Labute approximate surface area is 107 Å². The van der Waals surface area contributed by atoms with Gasteiger partial charge in [-0.05, 0) is 19.8 Å². The van der Waals surface area contributed by atoms with Gasteiger partial charge in [0.05, 0.1) is 12.6 Å². The van der Waals surface area contributed by atoms with E-state index in [4.69, 9.17) is 5.73 Å². The van der Waals surface area contributed by atoms with Crippen molar-refractivity contribution < 1.29 is 4.79 Å². The van der Waals surface area contributed by atoms with Crippen molar-refractivity contribution in [2.24, 2.45) is 5.73 Å². The van der Waals surface area contributed by atoms with Gasteiger partial charge in [-0.15, -0.1) is 0 Å². The first-order valence-electron chi connectivity index (χ1n) is 6.18. The van der Waals surface area contributed by atoms with E-state index in [-0.39, 0.29) is 18.5 Å². The summed E-state index contributed by atoms with van der Waals surface area (Å²) in [6.07, 6.45) is 1.88. The van der Waals surface area contributed by atoms with Gasteiger partial charge in [-0.3, -0.25) is 4.79 Å². The van der Waals surface area contributed by atoms with Crippen molar-refractivity contribution >= 4 is 11.7 Å². The van der Waals surface area contributed by atoms with Crippen molar-refractivity contribution in [2.45, 2.75) is 25.8 Å². The van der Waals surface area contributed by atoms with Crippen molar-refractivity contribution in [3.63, 3.8) is 0 Å². The Kier molecular flexibility index (Phi) is 3.76. The molecule has 6 heteroatoms. The summed E-state index contributed by atoms with van der Waals surface area (Å²) in [5.41, 5.74) is 6.33. The van der Waals surface area contributed by atoms with E-state index in [0.29, 0.717) is 5.82 Å². The molecule has 0 radical (unpaired) electrons. The van der Waals surface area contributed by atoms with Crippen LogP contribution in [0.3, 0.4) is 0 Å². The van der Waals surface area contributed by atoms with Gasteiger partial charge in [-0.25, -0.2) is 9.97 Å². The first-order valence-corrected chi connectivity index (χ1v) is 6.18. The third-order valence-corrected chi connectivity index (χ3v) is 3.17. The van der Waals surface area contributed by atoms with Gasteiger partial charge in [0, 0.05) is 25.4 Å². The fourth-order valence-corrected chi connectivity index (χ4v) is 2.32. The summed E-state index contributed by atoms with van der Waals surface area (Å²) in [5.74, 6) is 1.46. The zero-order chi connectivity index (χ0) is 13.1. The molecule has 1 unspecified atom stereocenters. The second kappa shape index (κ2) is 5.30. The molecule has 2 heterocycles. The van der Waals surface area contributed by atoms with Crippen LogP contribution in [0.1, 0.15) is 30.4 Å². The Morgan fingerprint density at radius 1 is 1.61 bits per heavy atom. The molecule has 1 aliphatic heterocycles. The Hall–Kier alpha value is -1.69. The highest BCUT2D eigenvalue weighted by Gasteiger charge is 2.31. The van der Waals surface area contributed by atoms with Crippen LogP contribution in [-0.2, 0) is 4.79 Å². The molecule has 0 spiro atoms. The highest BCUT2D eigenvalue weighted by atomic mass is 16.2. The number of nitrogens with zero attached hydrogens (tertiary/aromatic N) is 3. The van der Waals surface area contributed by atoms with Gasteiger partial charge in [-0.1, -0.05) is 0 Å². The number of aryl methyl sites for hydroxylation is 1. The molecule has 0 aromatic carbocycles. The number of rotatable bonds is 3. The Bertz CT molecular complexity index is 448. The number of likely N-dealkylation sites (tertiary alicyclic amines) is 1. The zero-order valence-corrected chi connectivity index (χ0v) is 10.8. The van der Waals surface area contributed by atoms with Crippen LogP contribution in [-0.4, -0.2) is 40.9 Å². The summed E-state index contributed by atoms with van der Waals surface area (Å²) >= 11 is 0. The van der Waals surface area contributed by atoms with E-state index >= 15 is 0 Å². The molecule has 0 saturated carbocycles. The highest BCUT2D eigenvalue weighted by Crippen LogP contribution is 2.30. The number of carbonyl (C=O) groups is 1. The molecule has 1 aliphatic rings. The minimum absolute atomic E-state index is 0.0337. The van der Waals surface area contributed by atoms with Crippen LogP contribution in [0, 0.1) is 6.92 Å². The molecular weight excluding hydrogens is 230 g/mol. The topological polar surface area (TPSA) is 84.1 Å². The second-order valence-electron chi connectivity index (χ2n) is 4.45. The van der Waals surface area contributed by atoms with Crippen molar-refractivity contribution in [2.75, 3.05) is 25.5 Å². The quantitative estimate of drug-likeness (QED) is 0.812. The Morgan fingerprint density at radius 3 is 3.06 bits per heavy atom. The largest absolute Gasteiger partial charge is 0.373 e. The standard InChI is InChI=1S/C12H19N5O/c1-8-6-10(14-2)16-12(15-8)9-4-3-5-17(9)11(18)7-13/h6,9H,3-5,7,13H2,1-2H3,(H,14,15,16). The monoisotopic (exact) mass is 249 g/mol. The van der Waals surface area contributed by atoms with E-state index in [0.717, 1.165) is 30.9 Å². The maximum Gasteiger partial charge on any atom is 0.236 e. The molecule has 1 aromatic heterocycles. The average Bonchev–Trinajstić information content (AvgIpc) is 2.86. The van der Waals surface area contributed by atoms with Gasteiger partial charge in [0.25, 0.3) is 0 Å². The molecular formula is C12H19N5O. The molecule has 0 aliphatic carbocycles. The summed E-state index contributed by atoms with van der Waals surface area (Å²) in [6, 6.07) is 1.85. The minimum atomic E-state index is -0.0342. The molecule has 6 nitrogen and oxygen atoms in total. The lowest BCUT2D eigenvalue weighted by atomic mass is 10.2. The van der Waals surface area contributed by atoms with Gasteiger partial charge >= 0.3 is 0 Å². The van der Waals surface area contributed by atoms with Crippen molar-refractivity contribution in [3.05, 3.63) is 17.6 Å². The van der Waals surface area contributed by atoms with Gasteiger partial charge in [-0.2, -0.15) is 0 Å². The average molecular weight is 249 g/mol. The number of anilines is 1. The molecule has 1 aromatic rings. The molecule has 3 N–H and O–H groups in total. The predicted molar refractivity (Wildman–Crippen MR) is 69.1 cm³/mol. The number of carbonyl (C=O) groups excluding carboxylic acids is 1. The van der Waals surface area contributed by atoms with Crippen LogP contribution >= 0.6 is 0 Å². The number of hydrogen-bond donors (Lipinski definition) is 2. The molecule has 1 fully saturated rings. The summed E-state index contributed by atoms with van der Waals surface area (Å²) in [5, 5.41) is 3.01. The third kappa shape index (κ3) is 2.43. The van der Waals surface area contributed by atoms with Crippen LogP contribution in [0.25, 0.3) is 0 Å². The van der Waals surface area contributed by atoms with Crippen LogP contribution in [0.4, 0.5) is 5.82 Å². The van der Waals surface area contributed by atoms with E-state index in [1.54, 1.807) is 4.90 Å². The van der Waals surface area contributed by atoms with E-state index < -0.39 is 0 Å². The number of nitrogens with two attached hydrogens (primary N) is 1. The predicted octanol–water partition coefficient (Wildman–Crippen LogP) is 0.449. The van der Waals surface area contributed by atoms with Crippen LogP contribution in [0.15, 0.2) is 6.07 Å². The fourth-order valence-electron chi connectivity index (χ4n) is 2.32. The SMILES string of the molecule is CNc1cc(C)nc(C2CCCN2C(=O)CN)n1. The lowest BCUT2D eigenvalue weighted by Crippen LogP contribution is -2.36. The molecule has 2 rings (SSSR count). The molecule has 98 valence electrons. The normalized spacial score (nSPS) is 19.1. The summed E-state index contributed by atoms with van der Waals surface area (Å²) < 4.78 is 0. The van der Waals surface area contributed by atoms with Crippen LogP contribution in [0.2, 0.25) is 0 Å². The van der Waals surface area contributed by atoms with E-state index in [2.05, 4.69) is 15.3 Å².